The summed E-state index contributed by atoms with van der Waals surface area (Å²) in [6.07, 6.45) is 4.38. The minimum absolute atomic E-state index is 0. The summed E-state index contributed by atoms with van der Waals surface area (Å²) in [4.78, 5) is 26.5. The number of nitrogens with zero attached hydrogens (tertiary/aromatic N) is 5. The molecule has 0 radical (unpaired) electrons. The summed E-state index contributed by atoms with van der Waals surface area (Å²) in [5, 5.41) is 3.46. The van der Waals surface area contributed by atoms with Gasteiger partial charge in [0.25, 0.3) is 0 Å². The Morgan fingerprint density at radius 2 is 1.67 bits per heavy atom. The molecule has 0 aliphatic carbocycles. The lowest BCUT2D eigenvalue weighted by Crippen LogP contribution is -2.57. The van der Waals surface area contributed by atoms with Crippen molar-refractivity contribution in [3.63, 3.8) is 0 Å². The maximum absolute atomic E-state index is 12.7. The quantitative estimate of drug-likeness (QED) is 0.226. The standard InChI is InChI=1S/C25H42N6O.HI/c1-5-26-25(27-14-8-9-22-10-12-23(13-11-22)28(3)4)31-19-17-29(18-20-31)21(2)24(32)30-15-6-7-16-30;/h10-13,21H,5-9,14-20H2,1-4H3,(H,26,27);1H. The second kappa shape index (κ2) is 14.0. The van der Waals surface area contributed by atoms with Gasteiger partial charge in [0.05, 0.1) is 6.04 Å². The van der Waals surface area contributed by atoms with Gasteiger partial charge in [0.1, 0.15) is 0 Å². The Morgan fingerprint density at radius 3 is 2.24 bits per heavy atom. The van der Waals surface area contributed by atoms with Gasteiger partial charge >= 0.3 is 0 Å². The average Bonchev–Trinajstić information content (AvgIpc) is 3.35. The molecule has 2 aliphatic rings. The second-order valence-corrected chi connectivity index (χ2v) is 9.13. The van der Waals surface area contributed by atoms with Crippen LogP contribution in [-0.4, -0.2) is 99.1 Å². The molecule has 0 spiro atoms. The summed E-state index contributed by atoms with van der Waals surface area (Å²) in [6, 6.07) is 8.77. The monoisotopic (exact) mass is 570 g/mol. The number of nitrogens with one attached hydrogen (secondary N) is 1. The van der Waals surface area contributed by atoms with E-state index in [0.29, 0.717) is 5.91 Å². The van der Waals surface area contributed by atoms with Gasteiger partial charge in [-0.3, -0.25) is 14.7 Å². The van der Waals surface area contributed by atoms with Crippen LogP contribution in [0.5, 0.6) is 0 Å². The van der Waals surface area contributed by atoms with Crippen LogP contribution in [0.15, 0.2) is 29.3 Å². The van der Waals surface area contributed by atoms with Crippen molar-refractivity contribution in [1.29, 1.82) is 0 Å². The number of rotatable bonds is 8. The van der Waals surface area contributed by atoms with Gasteiger partial charge in [0.15, 0.2) is 5.96 Å². The van der Waals surface area contributed by atoms with Crippen molar-refractivity contribution in [2.75, 3.05) is 71.4 Å². The molecule has 1 aromatic carbocycles. The van der Waals surface area contributed by atoms with Crippen molar-refractivity contribution in [2.45, 2.75) is 45.6 Å². The normalized spacial score (nSPS) is 18.1. The first kappa shape index (κ1) is 27.7. The maximum atomic E-state index is 12.7. The first-order chi connectivity index (χ1) is 15.5. The van der Waals surface area contributed by atoms with Crippen LogP contribution < -0.4 is 10.2 Å². The van der Waals surface area contributed by atoms with E-state index in [0.717, 1.165) is 84.0 Å². The van der Waals surface area contributed by atoms with E-state index < -0.39 is 0 Å². The van der Waals surface area contributed by atoms with Crippen molar-refractivity contribution < 1.29 is 4.79 Å². The zero-order chi connectivity index (χ0) is 22.9. The molecule has 0 bridgehead atoms. The number of anilines is 1. The number of likely N-dealkylation sites (tertiary alicyclic amines) is 1. The summed E-state index contributed by atoms with van der Waals surface area (Å²) in [7, 11) is 4.13. The molecule has 1 amide bonds. The maximum Gasteiger partial charge on any atom is 0.239 e. The van der Waals surface area contributed by atoms with Crippen LogP contribution in [0.4, 0.5) is 5.69 Å². The fourth-order valence-electron chi connectivity index (χ4n) is 4.53. The molecule has 2 heterocycles. The second-order valence-electron chi connectivity index (χ2n) is 9.13. The summed E-state index contributed by atoms with van der Waals surface area (Å²) < 4.78 is 0. The molecule has 1 N–H and O–H groups in total. The molecule has 3 rings (SSSR count). The first-order valence-electron chi connectivity index (χ1n) is 12.3. The molecule has 8 heteroatoms. The summed E-state index contributed by atoms with van der Waals surface area (Å²) >= 11 is 0. The molecule has 186 valence electrons. The Hall–Kier alpha value is -1.55. The van der Waals surface area contributed by atoms with Crippen LogP contribution in [-0.2, 0) is 11.2 Å². The predicted octanol–water partition coefficient (Wildman–Crippen LogP) is 2.90. The van der Waals surface area contributed by atoms with Gasteiger partial charge < -0.3 is 20.0 Å². The Morgan fingerprint density at radius 1 is 1.03 bits per heavy atom. The molecule has 1 aromatic rings. The van der Waals surface area contributed by atoms with E-state index in [1.807, 2.05) is 4.90 Å². The van der Waals surface area contributed by atoms with Gasteiger partial charge in [-0.1, -0.05) is 12.1 Å². The molecule has 0 saturated carbocycles. The van der Waals surface area contributed by atoms with Gasteiger partial charge in [0, 0.05) is 72.1 Å². The number of guanidine groups is 1. The molecule has 2 fully saturated rings. The van der Waals surface area contributed by atoms with E-state index in [9.17, 15) is 4.79 Å². The van der Waals surface area contributed by atoms with E-state index in [1.54, 1.807) is 0 Å². The highest BCUT2D eigenvalue weighted by Gasteiger charge is 2.30. The molecular formula is C25H43IN6O. The Kier molecular flexibility index (Phi) is 11.7. The number of halogens is 1. The highest BCUT2D eigenvalue weighted by molar-refractivity contribution is 14.0. The van der Waals surface area contributed by atoms with Crippen LogP contribution in [0.3, 0.4) is 0 Å². The Balaban J connectivity index is 0.00000385. The molecule has 7 nitrogen and oxygen atoms in total. The lowest BCUT2D eigenvalue weighted by atomic mass is 10.1. The van der Waals surface area contributed by atoms with Crippen LogP contribution in [0.1, 0.15) is 38.7 Å². The van der Waals surface area contributed by atoms with E-state index >= 15 is 0 Å². The van der Waals surface area contributed by atoms with Gasteiger partial charge in [0.2, 0.25) is 5.91 Å². The summed E-state index contributed by atoms with van der Waals surface area (Å²) in [6.45, 7) is 11.4. The number of piperazine rings is 1. The number of carbonyl (C=O) groups excluding carboxylic acids is 1. The van der Waals surface area contributed by atoms with Crippen molar-refractivity contribution >= 4 is 41.5 Å². The molecule has 0 aromatic heterocycles. The number of amides is 1. The topological polar surface area (TPSA) is 54.4 Å². The lowest BCUT2D eigenvalue weighted by molar-refractivity contribution is -0.135. The third-order valence-corrected chi connectivity index (χ3v) is 6.61. The number of aliphatic imine (C=N–C) groups is 1. The van der Waals surface area contributed by atoms with Crippen LogP contribution >= 0.6 is 24.0 Å². The number of benzene rings is 1. The molecule has 33 heavy (non-hydrogen) atoms. The smallest absolute Gasteiger partial charge is 0.239 e. The van der Waals surface area contributed by atoms with Crippen molar-refractivity contribution in [2.24, 2.45) is 4.99 Å². The molecule has 2 aliphatic heterocycles. The first-order valence-corrected chi connectivity index (χ1v) is 12.3. The fourth-order valence-corrected chi connectivity index (χ4v) is 4.53. The zero-order valence-corrected chi connectivity index (χ0v) is 23.3. The third kappa shape index (κ3) is 8.02. The van der Waals surface area contributed by atoms with Gasteiger partial charge in [-0.25, -0.2) is 0 Å². The molecule has 2 saturated heterocycles. The van der Waals surface area contributed by atoms with Gasteiger partial charge in [-0.15, -0.1) is 24.0 Å². The number of hydrogen-bond donors (Lipinski definition) is 1. The minimum atomic E-state index is -0.0198. The zero-order valence-electron chi connectivity index (χ0n) is 20.9. The van der Waals surface area contributed by atoms with Crippen molar-refractivity contribution in [3.05, 3.63) is 29.8 Å². The summed E-state index contributed by atoms with van der Waals surface area (Å²) in [5.41, 5.74) is 2.60. The van der Waals surface area contributed by atoms with Gasteiger partial charge in [-0.05, 0) is 57.2 Å². The highest BCUT2D eigenvalue weighted by atomic mass is 127. The average molecular weight is 571 g/mol. The molecular weight excluding hydrogens is 527 g/mol. The minimum Gasteiger partial charge on any atom is -0.378 e. The van der Waals surface area contributed by atoms with Crippen molar-refractivity contribution in [1.82, 2.24) is 20.0 Å². The SMILES string of the molecule is CCNC(=NCCCc1ccc(N(C)C)cc1)N1CCN(C(C)C(=O)N2CCCC2)CC1.I. The van der Waals surface area contributed by atoms with E-state index in [4.69, 9.17) is 4.99 Å². The molecule has 1 unspecified atom stereocenters. The highest BCUT2D eigenvalue weighted by Crippen LogP contribution is 2.15. The van der Waals surface area contributed by atoms with Crippen LogP contribution in [0.25, 0.3) is 0 Å². The molecule has 1 atom stereocenters. The Bertz CT molecular complexity index is 740. The van der Waals surface area contributed by atoms with E-state index in [2.05, 4.69) is 72.2 Å². The number of hydrogen-bond acceptors (Lipinski definition) is 4. The largest absolute Gasteiger partial charge is 0.378 e. The number of aryl methyl sites for hydroxylation is 1. The van der Waals surface area contributed by atoms with Crippen LogP contribution in [0.2, 0.25) is 0 Å². The van der Waals surface area contributed by atoms with Crippen molar-refractivity contribution in [3.8, 4) is 0 Å². The predicted molar refractivity (Wildman–Crippen MR) is 149 cm³/mol. The van der Waals surface area contributed by atoms with E-state index in [-0.39, 0.29) is 30.0 Å². The third-order valence-electron chi connectivity index (χ3n) is 6.61. The number of carbonyl (C=O) groups is 1. The van der Waals surface area contributed by atoms with E-state index in [1.165, 1.54) is 11.3 Å². The Labute approximate surface area is 217 Å². The van der Waals surface area contributed by atoms with Crippen LogP contribution in [0, 0.1) is 0 Å². The fraction of sp³-hybridized carbons (Fsp3) is 0.680. The van der Waals surface area contributed by atoms with Gasteiger partial charge in [-0.2, -0.15) is 0 Å². The lowest BCUT2D eigenvalue weighted by Gasteiger charge is -2.39. The summed E-state index contributed by atoms with van der Waals surface area (Å²) in [5.74, 6) is 1.31.